The van der Waals surface area contributed by atoms with Crippen LogP contribution in [0.4, 0.5) is 4.39 Å². The predicted octanol–water partition coefficient (Wildman–Crippen LogP) is 2.94. The molecule has 5 heteroatoms. The van der Waals surface area contributed by atoms with Gasteiger partial charge in [-0.1, -0.05) is 16.8 Å². The van der Waals surface area contributed by atoms with Crippen LogP contribution in [0.5, 0.6) is 0 Å². The lowest BCUT2D eigenvalue weighted by molar-refractivity contribution is 0.426. The molecule has 0 fully saturated rings. The highest BCUT2D eigenvalue weighted by molar-refractivity contribution is 6.31. The Morgan fingerprint density at radius 2 is 2.24 bits per heavy atom. The third kappa shape index (κ3) is 2.33. The van der Waals surface area contributed by atoms with E-state index in [1.165, 1.54) is 12.1 Å². The number of aromatic nitrogens is 1. The van der Waals surface area contributed by atoms with Crippen LogP contribution in [-0.4, -0.2) is 11.7 Å². The van der Waals surface area contributed by atoms with Gasteiger partial charge in [0.25, 0.3) is 0 Å². The maximum absolute atomic E-state index is 13.1. The molecule has 0 amide bonds. The number of nitrogens with two attached hydrogens (primary N) is 1. The molecule has 3 nitrogen and oxygen atoms in total. The Bertz CT molecular complexity index is 539. The lowest BCUT2D eigenvalue weighted by Gasteiger charge is -2.02. The lowest BCUT2D eigenvalue weighted by Crippen LogP contribution is -2.04. The number of hydrogen-bond acceptors (Lipinski definition) is 3. The maximum atomic E-state index is 13.1. The molecule has 0 atom stereocenters. The summed E-state index contributed by atoms with van der Waals surface area (Å²) in [6.07, 6.45) is 0.666. The van der Waals surface area contributed by atoms with E-state index in [1.807, 2.05) is 6.92 Å². The van der Waals surface area contributed by atoms with Crippen LogP contribution in [0.15, 0.2) is 22.7 Å². The van der Waals surface area contributed by atoms with Gasteiger partial charge in [-0.25, -0.2) is 4.39 Å². The van der Waals surface area contributed by atoms with Gasteiger partial charge in [-0.3, -0.25) is 0 Å². The number of benzene rings is 1. The molecule has 0 aliphatic rings. The second-order valence-electron chi connectivity index (χ2n) is 3.74. The van der Waals surface area contributed by atoms with Crippen LogP contribution in [0.1, 0.15) is 11.3 Å². The molecule has 0 unspecified atom stereocenters. The average Bonchev–Trinajstić information content (AvgIpc) is 2.66. The Morgan fingerprint density at radius 1 is 1.47 bits per heavy atom. The van der Waals surface area contributed by atoms with Gasteiger partial charge in [0.1, 0.15) is 5.82 Å². The summed E-state index contributed by atoms with van der Waals surface area (Å²) in [4.78, 5) is 0. The largest absolute Gasteiger partial charge is 0.356 e. The molecule has 0 saturated carbocycles. The Kier molecular flexibility index (Phi) is 3.45. The van der Waals surface area contributed by atoms with Crippen molar-refractivity contribution in [2.24, 2.45) is 5.73 Å². The molecule has 2 aromatic rings. The standard InChI is InChI=1S/C12H12ClFN2O/c1-7-9(4-5-15)12(17-16-7)8-2-3-11(14)10(13)6-8/h2-3,6H,4-5,15H2,1H3. The number of halogens is 2. The van der Waals surface area contributed by atoms with Crippen molar-refractivity contribution >= 4 is 11.6 Å². The van der Waals surface area contributed by atoms with Crippen molar-refractivity contribution in [2.45, 2.75) is 13.3 Å². The Hall–Kier alpha value is -1.39. The zero-order valence-corrected chi connectivity index (χ0v) is 10.1. The molecule has 0 saturated heterocycles. The highest BCUT2D eigenvalue weighted by Gasteiger charge is 2.15. The van der Waals surface area contributed by atoms with Gasteiger partial charge < -0.3 is 10.3 Å². The third-order valence-corrected chi connectivity index (χ3v) is 2.85. The summed E-state index contributed by atoms with van der Waals surface area (Å²) < 4.78 is 18.3. The first-order chi connectivity index (χ1) is 8.13. The fourth-order valence-electron chi connectivity index (χ4n) is 1.69. The molecule has 2 rings (SSSR count). The predicted molar refractivity (Wildman–Crippen MR) is 64.4 cm³/mol. The summed E-state index contributed by atoms with van der Waals surface area (Å²) in [5.74, 6) is 0.155. The van der Waals surface area contributed by atoms with Crippen molar-refractivity contribution in [1.29, 1.82) is 0 Å². The molecule has 1 heterocycles. The molecule has 2 N–H and O–H groups in total. The van der Waals surface area contributed by atoms with E-state index in [-0.39, 0.29) is 5.02 Å². The molecule has 0 aliphatic carbocycles. The molecular formula is C12H12ClFN2O. The topological polar surface area (TPSA) is 52.0 Å². The van der Waals surface area contributed by atoms with E-state index in [1.54, 1.807) is 6.07 Å². The van der Waals surface area contributed by atoms with E-state index in [4.69, 9.17) is 21.9 Å². The number of rotatable bonds is 3. The molecule has 0 spiro atoms. The highest BCUT2D eigenvalue weighted by atomic mass is 35.5. The zero-order valence-electron chi connectivity index (χ0n) is 9.34. The van der Waals surface area contributed by atoms with E-state index < -0.39 is 5.82 Å². The molecule has 1 aromatic carbocycles. The van der Waals surface area contributed by atoms with Crippen LogP contribution in [0.3, 0.4) is 0 Å². The van der Waals surface area contributed by atoms with E-state index in [0.29, 0.717) is 24.3 Å². The van der Waals surface area contributed by atoms with Crippen molar-refractivity contribution < 1.29 is 8.91 Å². The van der Waals surface area contributed by atoms with Gasteiger partial charge in [-0.15, -0.1) is 0 Å². The summed E-state index contributed by atoms with van der Waals surface area (Å²) in [5.41, 5.74) is 7.98. The quantitative estimate of drug-likeness (QED) is 0.916. The minimum atomic E-state index is -0.452. The van der Waals surface area contributed by atoms with Gasteiger partial charge in [-0.05, 0) is 38.1 Å². The van der Waals surface area contributed by atoms with E-state index in [0.717, 1.165) is 11.3 Å². The normalized spacial score (nSPS) is 10.8. The molecule has 90 valence electrons. The first-order valence-electron chi connectivity index (χ1n) is 5.24. The fourth-order valence-corrected chi connectivity index (χ4v) is 1.87. The minimum Gasteiger partial charge on any atom is -0.356 e. The fraction of sp³-hybridized carbons (Fsp3) is 0.250. The summed E-state index contributed by atoms with van der Waals surface area (Å²) in [5, 5.41) is 3.96. The van der Waals surface area contributed by atoms with E-state index in [9.17, 15) is 4.39 Å². The molecule has 17 heavy (non-hydrogen) atoms. The smallest absolute Gasteiger partial charge is 0.170 e. The number of aryl methyl sites for hydroxylation is 1. The van der Waals surface area contributed by atoms with Gasteiger partial charge >= 0.3 is 0 Å². The SMILES string of the molecule is Cc1noc(-c2ccc(F)c(Cl)c2)c1CCN. The molecule has 0 aliphatic heterocycles. The summed E-state index contributed by atoms with van der Waals surface area (Å²) in [6.45, 7) is 2.35. The lowest BCUT2D eigenvalue weighted by atomic mass is 10.0. The van der Waals surface area contributed by atoms with Crippen LogP contribution < -0.4 is 5.73 Å². The maximum Gasteiger partial charge on any atom is 0.170 e. The Balaban J connectivity index is 2.48. The van der Waals surface area contributed by atoms with Crippen molar-refractivity contribution in [3.63, 3.8) is 0 Å². The number of hydrogen-bond donors (Lipinski definition) is 1. The van der Waals surface area contributed by atoms with Crippen molar-refractivity contribution in [3.8, 4) is 11.3 Å². The molecular weight excluding hydrogens is 243 g/mol. The Morgan fingerprint density at radius 3 is 2.88 bits per heavy atom. The minimum absolute atomic E-state index is 0.0650. The highest BCUT2D eigenvalue weighted by Crippen LogP contribution is 2.29. The van der Waals surface area contributed by atoms with E-state index in [2.05, 4.69) is 5.16 Å². The second kappa shape index (κ2) is 4.85. The first-order valence-corrected chi connectivity index (χ1v) is 5.62. The van der Waals surface area contributed by atoms with Crippen LogP contribution in [0.25, 0.3) is 11.3 Å². The Labute approximate surface area is 103 Å². The summed E-state index contributed by atoms with van der Waals surface area (Å²) >= 11 is 5.74. The second-order valence-corrected chi connectivity index (χ2v) is 4.15. The molecule has 1 aromatic heterocycles. The van der Waals surface area contributed by atoms with Crippen LogP contribution in [-0.2, 0) is 6.42 Å². The summed E-state index contributed by atoms with van der Waals surface area (Å²) in [6, 6.07) is 4.44. The van der Waals surface area contributed by atoms with Gasteiger partial charge in [0, 0.05) is 11.1 Å². The molecule has 0 bridgehead atoms. The first kappa shape index (κ1) is 12.1. The summed E-state index contributed by atoms with van der Waals surface area (Å²) in [7, 11) is 0. The molecule has 0 radical (unpaired) electrons. The van der Waals surface area contributed by atoms with Crippen LogP contribution in [0, 0.1) is 12.7 Å². The van der Waals surface area contributed by atoms with E-state index >= 15 is 0 Å². The third-order valence-electron chi connectivity index (χ3n) is 2.56. The van der Waals surface area contributed by atoms with Crippen molar-refractivity contribution in [3.05, 3.63) is 40.3 Å². The van der Waals surface area contributed by atoms with Crippen LogP contribution in [0.2, 0.25) is 5.02 Å². The van der Waals surface area contributed by atoms with Gasteiger partial charge in [0.15, 0.2) is 5.76 Å². The van der Waals surface area contributed by atoms with Crippen LogP contribution >= 0.6 is 11.6 Å². The van der Waals surface area contributed by atoms with Gasteiger partial charge in [-0.2, -0.15) is 0 Å². The van der Waals surface area contributed by atoms with Crippen molar-refractivity contribution in [1.82, 2.24) is 5.16 Å². The number of nitrogens with zero attached hydrogens (tertiary/aromatic N) is 1. The van der Waals surface area contributed by atoms with Crippen molar-refractivity contribution in [2.75, 3.05) is 6.54 Å². The van der Waals surface area contributed by atoms with Gasteiger partial charge in [0.05, 0.1) is 10.7 Å². The average molecular weight is 255 g/mol. The zero-order chi connectivity index (χ0) is 12.4. The van der Waals surface area contributed by atoms with Gasteiger partial charge in [0.2, 0.25) is 0 Å². The monoisotopic (exact) mass is 254 g/mol.